The van der Waals surface area contributed by atoms with E-state index in [1.807, 2.05) is 30.3 Å². The van der Waals surface area contributed by atoms with Gasteiger partial charge >= 0.3 is 5.97 Å². The second-order valence-electron chi connectivity index (χ2n) is 5.90. The fraction of sp³-hybridized carbons (Fsp3) is 0.412. The van der Waals surface area contributed by atoms with Crippen LogP contribution in [0.3, 0.4) is 0 Å². The monoisotopic (exact) mass is 283 g/mol. The Bertz CT molecular complexity index is 687. The fourth-order valence-corrected chi connectivity index (χ4v) is 3.08. The number of carbonyl (C=O) groups is 1. The van der Waals surface area contributed by atoms with E-state index in [1.165, 1.54) is 0 Å². The van der Waals surface area contributed by atoms with Crippen LogP contribution in [0.4, 0.5) is 0 Å². The Hall–Kier alpha value is -1.94. The van der Waals surface area contributed by atoms with Gasteiger partial charge in [0, 0.05) is 17.9 Å². The third kappa shape index (κ3) is 2.29. The average Bonchev–Trinajstić information content (AvgIpc) is 3.08. The van der Waals surface area contributed by atoms with Gasteiger partial charge in [0.2, 0.25) is 0 Å². The summed E-state index contributed by atoms with van der Waals surface area (Å²) in [6.07, 6.45) is 2.87. The molecule has 0 N–H and O–H groups in total. The Morgan fingerprint density at radius 2 is 2.10 bits per heavy atom. The summed E-state index contributed by atoms with van der Waals surface area (Å²) in [5, 5.41) is 1.03. The second-order valence-corrected chi connectivity index (χ2v) is 5.90. The second kappa shape index (κ2) is 4.81. The topological polar surface area (TPSA) is 48.4 Å². The van der Waals surface area contributed by atoms with Crippen molar-refractivity contribution in [1.82, 2.24) is 4.98 Å². The zero-order valence-electron chi connectivity index (χ0n) is 11.7. The van der Waals surface area contributed by atoms with Crippen molar-refractivity contribution in [3.8, 4) is 0 Å². The summed E-state index contributed by atoms with van der Waals surface area (Å²) in [6.45, 7) is 1.48. The Labute approximate surface area is 123 Å². The molecule has 1 aromatic carbocycles. The summed E-state index contributed by atoms with van der Waals surface area (Å²) < 4.78 is 11.2. The lowest BCUT2D eigenvalue weighted by Gasteiger charge is -2.21. The highest BCUT2D eigenvalue weighted by Crippen LogP contribution is 2.49. The number of para-hydroxylation sites is 1. The lowest BCUT2D eigenvalue weighted by atomic mass is 9.99. The van der Waals surface area contributed by atoms with Crippen molar-refractivity contribution in [2.24, 2.45) is 5.92 Å². The van der Waals surface area contributed by atoms with Crippen LogP contribution < -0.4 is 0 Å². The molecular weight excluding hydrogens is 266 g/mol. The van der Waals surface area contributed by atoms with Gasteiger partial charge in [0.05, 0.1) is 12.1 Å². The molecule has 1 saturated heterocycles. The molecule has 1 aliphatic carbocycles. The first-order chi connectivity index (χ1) is 10.3. The van der Waals surface area contributed by atoms with Crippen molar-refractivity contribution in [3.05, 3.63) is 42.1 Å². The Morgan fingerprint density at radius 1 is 1.24 bits per heavy atom. The third-order valence-corrected chi connectivity index (χ3v) is 4.52. The van der Waals surface area contributed by atoms with Crippen molar-refractivity contribution in [1.29, 1.82) is 0 Å². The molecule has 2 fully saturated rings. The molecule has 21 heavy (non-hydrogen) atoms. The number of rotatable bonds is 3. The van der Waals surface area contributed by atoms with Gasteiger partial charge in [-0.3, -0.25) is 0 Å². The van der Waals surface area contributed by atoms with Crippen LogP contribution in [0.2, 0.25) is 0 Å². The van der Waals surface area contributed by atoms with Crippen molar-refractivity contribution >= 4 is 16.9 Å². The number of pyridine rings is 1. The van der Waals surface area contributed by atoms with Crippen LogP contribution in [-0.4, -0.2) is 29.8 Å². The molecular formula is C17H17NO3. The number of esters is 1. The molecule has 0 spiro atoms. The third-order valence-electron chi connectivity index (χ3n) is 4.52. The van der Waals surface area contributed by atoms with Crippen LogP contribution >= 0.6 is 0 Å². The van der Waals surface area contributed by atoms with E-state index in [-0.39, 0.29) is 11.6 Å². The molecule has 2 heterocycles. The smallest absolute Gasteiger partial charge is 0.357 e. The van der Waals surface area contributed by atoms with E-state index in [2.05, 4.69) is 4.98 Å². The van der Waals surface area contributed by atoms with Crippen LogP contribution in [0.25, 0.3) is 10.9 Å². The van der Waals surface area contributed by atoms with Crippen LogP contribution in [0.15, 0.2) is 36.4 Å². The summed E-state index contributed by atoms with van der Waals surface area (Å²) in [7, 11) is 0. The predicted molar refractivity (Wildman–Crippen MR) is 78.0 cm³/mol. The minimum absolute atomic E-state index is 0.291. The minimum Gasteiger partial charge on any atom is -0.454 e. The maximum Gasteiger partial charge on any atom is 0.357 e. The van der Waals surface area contributed by atoms with Crippen LogP contribution in [0.5, 0.6) is 0 Å². The van der Waals surface area contributed by atoms with Crippen LogP contribution in [0.1, 0.15) is 29.8 Å². The Balaban J connectivity index is 1.56. The van der Waals surface area contributed by atoms with Gasteiger partial charge in [0.15, 0.2) is 0 Å². The average molecular weight is 283 g/mol. The molecule has 1 atom stereocenters. The molecule has 0 amide bonds. The van der Waals surface area contributed by atoms with Gasteiger partial charge in [-0.05, 0) is 31.4 Å². The molecule has 108 valence electrons. The maximum absolute atomic E-state index is 12.4. The summed E-state index contributed by atoms with van der Waals surface area (Å²) >= 11 is 0. The van der Waals surface area contributed by atoms with Gasteiger partial charge < -0.3 is 9.47 Å². The molecule has 2 aliphatic rings. The van der Waals surface area contributed by atoms with E-state index in [9.17, 15) is 4.79 Å². The van der Waals surface area contributed by atoms with Crippen LogP contribution in [-0.2, 0) is 9.47 Å². The predicted octanol–water partition coefficient (Wildman–Crippen LogP) is 2.96. The molecule has 1 saturated carbocycles. The minimum atomic E-state index is -0.315. The number of hydrogen-bond acceptors (Lipinski definition) is 4. The fourth-order valence-electron chi connectivity index (χ4n) is 3.08. The van der Waals surface area contributed by atoms with Gasteiger partial charge in [-0.15, -0.1) is 0 Å². The Morgan fingerprint density at radius 3 is 2.86 bits per heavy atom. The largest absolute Gasteiger partial charge is 0.454 e. The van der Waals surface area contributed by atoms with E-state index in [0.717, 1.165) is 36.8 Å². The highest BCUT2D eigenvalue weighted by molar-refractivity contribution is 5.91. The zero-order chi connectivity index (χ0) is 14.3. The molecule has 1 aliphatic heterocycles. The first-order valence-electron chi connectivity index (χ1n) is 7.44. The van der Waals surface area contributed by atoms with Gasteiger partial charge in [-0.1, -0.05) is 24.3 Å². The summed E-state index contributed by atoms with van der Waals surface area (Å²) in [5.74, 6) is 0.0343. The van der Waals surface area contributed by atoms with Gasteiger partial charge in [0.1, 0.15) is 11.3 Å². The number of ether oxygens (including phenoxy) is 2. The number of hydrogen-bond donors (Lipinski definition) is 0. The highest BCUT2D eigenvalue weighted by Gasteiger charge is 2.54. The van der Waals surface area contributed by atoms with Gasteiger partial charge in [-0.2, -0.15) is 0 Å². The number of benzene rings is 1. The molecule has 4 rings (SSSR count). The molecule has 1 aromatic heterocycles. The zero-order valence-corrected chi connectivity index (χ0v) is 11.7. The van der Waals surface area contributed by atoms with Crippen LogP contribution in [0, 0.1) is 5.92 Å². The van der Waals surface area contributed by atoms with Gasteiger partial charge in [0.25, 0.3) is 0 Å². The van der Waals surface area contributed by atoms with E-state index in [0.29, 0.717) is 18.2 Å². The Kier molecular flexibility index (Phi) is 2.93. The molecule has 2 aromatic rings. The number of aromatic nitrogens is 1. The molecule has 1 unspecified atom stereocenters. The SMILES string of the molecule is O=C(OC1(C2CCOC2)CC1)c1ccc2ccccc2n1. The maximum atomic E-state index is 12.4. The van der Waals surface area contributed by atoms with E-state index < -0.39 is 0 Å². The van der Waals surface area contributed by atoms with Crippen molar-refractivity contribution in [2.75, 3.05) is 13.2 Å². The highest BCUT2D eigenvalue weighted by atomic mass is 16.6. The molecule has 4 heteroatoms. The van der Waals surface area contributed by atoms with Crippen molar-refractivity contribution in [3.63, 3.8) is 0 Å². The summed E-state index contributed by atoms with van der Waals surface area (Å²) in [6, 6.07) is 11.4. The van der Waals surface area contributed by atoms with E-state index >= 15 is 0 Å². The lowest BCUT2D eigenvalue weighted by molar-refractivity contribution is 0.000265. The molecule has 0 bridgehead atoms. The first-order valence-corrected chi connectivity index (χ1v) is 7.44. The normalized spacial score (nSPS) is 23.1. The van der Waals surface area contributed by atoms with E-state index in [4.69, 9.17) is 9.47 Å². The number of fused-ring (bicyclic) bond motifs is 1. The molecule has 4 nitrogen and oxygen atoms in total. The number of carbonyl (C=O) groups excluding carboxylic acids is 1. The van der Waals surface area contributed by atoms with Crippen molar-refractivity contribution < 1.29 is 14.3 Å². The number of nitrogens with zero attached hydrogens (tertiary/aromatic N) is 1. The standard InChI is InChI=1S/C17H17NO3/c19-16(21-17(8-9-17)13-7-10-20-11-13)15-6-5-12-3-1-2-4-14(12)18-15/h1-6,13H,7-11H2. The quantitative estimate of drug-likeness (QED) is 0.813. The summed E-state index contributed by atoms with van der Waals surface area (Å²) in [5.41, 5.74) is 0.917. The lowest BCUT2D eigenvalue weighted by Crippen LogP contribution is -2.29. The van der Waals surface area contributed by atoms with E-state index in [1.54, 1.807) is 6.07 Å². The van der Waals surface area contributed by atoms with Crippen molar-refractivity contribution in [2.45, 2.75) is 24.9 Å². The summed E-state index contributed by atoms with van der Waals surface area (Å²) in [4.78, 5) is 16.8. The first kappa shape index (κ1) is 12.8. The van der Waals surface area contributed by atoms with Gasteiger partial charge in [-0.25, -0.2) is 9.78 Å². The molecule has 0 radical (unpaired) electrons.